The zero-order valence-corrected chi connectivity index (χ0v) is 25.5. The molecule has 2 aromatic rings. The zero-order chi connectivity index (χ0) is 26.6. The van der Waals surface area contributed by atoms with Gasteiger partial charge in [0, 0.05) is 16.8 Å². The molecule has 37 heavy (non-hydrogen) atoms. The molecule has 0 aromatic heterocycles. The van der Waals surface area contributed by atoms with E-state index < -0.39 is 0 Å². The van der Waals surface area contributed by atoms with Crippen molar-refractivity contribution in [2.45, 2.75) is 130 Å². The minimum Gasteiger partial charge on any atom is -0.490 e. The van der Waals surface area contributed by atoms with Gasteiger partial charge in [0.05, 0.1) is 17.1 Å². The molecule has 2 nitrogen and oxygen atoms in total. The summed E-state index contributed by atoms with van der Waals surface area (Å²) in [5.41, 5.74) is 0.782. The second kappa shape index (κ2) is 12.2. The molecule has 0 bridgehead atoms. The summed E-state index contributed by atoms with van der Waals surface area (Å²) in [6.07, 6.45) is 12.7. The molecule has 0 spiro atoms. The molecule has 0 aliphatic heterocycles. The van der Waals surface area contributed by atoms with Crippen LogP contribution < -0.4 is 9.47 Å². The van der Waals surface area contributed by atoms with Crippen LogP contribution in [0.3, 0.4) is 0 Å². The number of ether oxygens (including phenoxy) is 2. The van der Waals surface area contributed by atoms with Crippen molar-refractivity contribution in [3.05, 3.63) is 30.3 Å². The summed E-state index contributed by atoms with van der Waals surface area (Å²) in [4.78, 5) is 1.31. The average Bonchev–Trinajstić information content (AvgIpc) is 2.85. The normalized spacial score (nSPS) is 25.3. The number of unbranched alkanes of at least 4 members (excludes halogenated alkanes) is 1. The van der Waals surface area contributed by atoms with Crippen LogP contribution in [0.25, 0.3) is 10.8 Å². The van der Waals surface area contributed by atoms with Gasteiger partial charge in [-0.3, -0.25) is 0 Å². The van der Waals surface area contributed by atoms with Crippen LogP contribution in [0.1, 0.15) is 113 Å². The van der Waals surface area contributed by atoms with Crippen molar-refractivity contribution in [1.82, 2.24) is 0 Å². The van der Waals surface area contributed by atoms with E-state index in [1.807, 2.05) is 11.8 Å². The molecule has 0 radical (unpaired) electrons. The van der Waals surface area contributed by atoms with E-state index in [1.54, 1.807) is 0 Å². The van der Waals surface area contributed by atoms with Crippen molar-refractivity contribution < 1.29 is 9.47 Å². The Balaban J connectivity index is 1.58. The van der Waals surface area contributed by atoms with Crippen LogP contribution in [0.5, 0.6) is 11.5 Å². The van der Waals surface area contributed by atoms with E-state index in [2.05, 4.69) is 78.8 Å². The second-order valence-electron chi connectivity index (χ2n) is 13.9. The van der Waals surface area contributed by atoms with Crippen LogP contribution in [0, 0.1) is 22.7 Å². The van der Waals surface area contributed by atoms with Gasteiger partial charge in [-0.2, -0.15) is 0 Å². The first-order chi connectivity index (χ1) is 17.6. The maximum atomic E-state index is 6.88. The van der Waals surface area contributed by atoms with Crippen LogP contribution in [0.4, 0.5) is 0 Å². The van der Waals surface area contributed by atoms with E-state index in [0.29, 0.717) is 23.0 Å². The third-order valence-corrected chi connectivity index (χ3v) is 10.3. The standard InChI is InChI=1S/C34H52O2S/c1-8-9-22-37-32-29-13-11-10-12-28(29)30(35-26-18-14-24(15-19-26)33(2,3)4)23-31(32)36-27-20-16-25(17-21-27)34(5,6)7/h10-13,23-27H,8-9,14-22H2,1-7H3. The van der Waals surface area contributed by atoms with Gasteiger partial charge in [-0.15, -0.1) is 11.8 Å². The highest BCUT2D eigenvalue weighted by Crippen LogP contribution is 2.46. The average molecular weight is 525 g/mol. The van der Waals surface area contributed by atoms with Crippen LogP contribution in [0.15, 0.2) is 35.2 Å². The van der Waals surface area contributed by atoms with Gasteiger partial charge in [0.2, 0.25) is 0 Å². The van der Waals surface area contributed by atoms with E-state index >= 15 is 0 Å². The second-order valence-corrected chi connectivity index (χ2v) is 15.0. The molecule has 0 unspecified atom stereocenters. The summed E-state index contributed by atoms with van der Waals surface area (Å²) in [6.45, 7) is 16.6. The summed E-state index contributed by atoms with van der Waals surface area (Å²) in [7, 11) is 0. The number of hydrogen-bond acceptors (Lipinski definition) is 3. The van der Waals surface area contributed by atoms with Crippen LogP contribution in [0.2, 0.25) is 0 Å². The monoisotopic (exact) mass is 524 g/mol. The highest BCUT2D eigenvalue weighted by Gasteiger charge is 2.32. The highest BCUT2D eigenvalue weighted by atomic mass is 32.2. The fraction of sp³-hybridized carbons (Fsp3) is 0.706. The Kier molecular flexibility index (Phi) is 9.47. The molecule has 2 aromatic carbocycles. The maximum absolute atomic E-state index is 6.88. The Morgan fingerprint density at radius 1 is 0.703 bits per heavy atom. The summed E-state index contributed by atoms with van der Waals surface area (Å²) in [5.74, 6) is 4.79. The lowest BCUT2D eigenvalue weighted by atomic mass is 9.72. The Morgan fingerprint density at radius 3 is 1.68 bits per heavy atom. The number of thioether (sulfide) groups is 1. The third-order valence-electron chi connectivity index (χ3n) is 9.05. The van der Waals surface area contributed by atoms with Gasteiger partial charge in [-0.05, 0) is 86.2 Å². The Hall–Kier alpha value is -1.35. The molecular weight excluding hydrogens is 472 g/mol. The third kappa shape index (κ3) is 7.40. The predicted octanol–water partition coefficient (Wildman–Crippen LogP) is 10.7. The van der Waals surface area contributed by atoms with Gasteiger partial charge in [0.25, 0.3) is 0 Å². The van der Waals surface area contributed by atoms with Crippen molar-refractivity contribution in [3.63, 3.8) is 0 Å². The molecule has 2 aliphatic rings. The van der Waals surface area contributed by atoms with E-state index in [0.717, 1.165) is 54.8 Å². The SMILES string of the molecule is CCCCSc1c(OC2CCC(C(C)(C)C)CC2)cc(OC2CCC(C(C)(C)C)CC2)c2ccccc12. The molecule has 0 heterocycles. The first-order valence-corrected chi connectivity index (χ1v) is 16.1. The number of hydrogen-bond donors (Lipinski definition) is 0. The molecule has 4 rings (SSSR count). The molecule has 0 atom stereocenters. The highest BCUT2D eigenvalue weighted by molar-refractivity contribution is 7.99. The molecule has 2 fully saturated rings. The molecule has 2 aliphatic carbocycles. The van der Waals surface area contributed by atoms with Crippen LogP contribution >= 0.6 is 11.8 Å². The largest absolute Gasteiger partial charge is 0.490 e. The van der Waals surface area contributed by atoms with Crippen molar-refractivity contribution in [2.75, 3.05) is 5.75 Å². The van der Waals surface area contributed by atoms with Gasteiger partial charge in [0.15, 0.2) is 0 Å². The van der Waals surface area contributed by atoms with E-state index in [4.69, 9.17) is 9.47 Å². The summed E-state index contributed by atoms with van der Waals surface area (Å²) >= 11 is 1.97. The van der Waals surface area contributed by atoms with Crippen LogP contribution in [-0.4, -0.2) is 18.0 Å². The smallest absolute Gasteiger partial charge is 0.137 e. The van der Waals surface area contributed by atoms with Crippen LogP contribution in [-0.2, 0) is 0 Å². The number of rotatable bonds is 8. The summed E-state index contributed by atoms with van der Waals surface area (Å²) in [6, 6.07) is 11.1. The lowest BCUT2D eigenvalue weighted by molar-refractivity contribution is 0.0831. The van der Waals surface area contributed by atoms with Crippen molar-refractivity contribution in [1.29, 1.82) is 0 Å². The Morgan fingerprint density at radius 2 is 1.19 bits per heavy atom. The molecule has 3 heteroatoms. The van der Waals surface area contributed by atoms with Gasteiger partial charge in [-0.25, -0.2) is 0 Å². The Bertz CT molecular complexity index is 999. The quantitative estimate of drug-likeness (QED) is 0.253. The minimum atomic E-state index is 0.302. The topological polar surface area (TPSA) is 18.5 Å². The molecule has 0 amide bonds. The van der Waals surface area contributed by atoms with E-state index in [9.17, 15) is 0 Å². The van der Waals surface area contributed by atoms with Crippen molar-refractivity contribution in [2.24, 2.45) is 22.7 Å². The van der Waals surface area contributed by atoms with Gasteiger partial charge >= 0.3 is 0 Å². The first kappa shape index (κ1) is 28.7. The summed E-state index contributed by atoms with van der Waals surface area (Å²) in [5, 5.41) is 2.53. The zero-order valence-electron chi connectivity index (χ0n) is 24.7. The molecular formula is C34H52O2S. The molecule has 0 saturated heterocycles. The number of fused-ring (bicyclic) bond motifs is 1. The molecule has 2 saturated carbocycles. The van der Waals surface area contributed by atoms with Gasteiger partial charge < -0.3 is 9.47 Å². The minimum absolute atomic E-state index is 0.302. The number of benzene rings is 2. The van der Waals surface area contributed by atoms with E-state index in [-0.39, 0.29) is 0 Å². The fourth-order valence-electron chi connectivity index (χ4n) is 6.40. The van der Waals surface area contributed by atoms with Crippen molar-refractivity contribution in [3.8, 4) is 11.5 Å². The Labute approximate surface area is 231 Å². The van der Waals surface area contributed by atoms with E-state index in [1.165, 1.54) is 54.2 Å². The van der Waals surface area contributed by atoms with Gasteiger partial charge in [0.1, 0.15) is 11.5 Å². The maximum Gasteiger partial charge on any atom is 0.137 e. The fourth-order valence-corrected chi connectivity index (χ4v) is 7.62. The summed E-state index contributed by atoms with van der Waals surface area (Å²) < 4.78 is 13.7. The van der Waals surface area contributed by atoms with Crippen molar-refractivity contribution >= 4 is 22.5 Å². The lowest BCUT2D eigenvalue weighted by Crippen LogP contribution is -2.31. The molecule has 206 valence electrons. The molecule has 0 N–H and O–H groups in total. The predicted molar refractivity (Wildman–Crippen MR) is 161 cm³/mol. The first-order valence-electron chi connectivity index (χ1n) is 15.1. The van der Waals surface area contributed by atoms with Gasteiger partial charge in [-0.1, -0.05) is 79.2 Å². The lowest BCUT2D eigenvalue weighted by Gasteiger charge is -2.37.